The molecule has 0 saturated carbocycles. The average Bonchev–Trinajstić information content (AvgIpc) is 3.30. The SMILES string of the molecule is CC1(c2sc(-c3cccc(-c4nnco4)c3)cc2Cl)CS(=O)(=O)C(C)(C)C(N)=N1. The molecule has 1 aromatic carbocycles. The van der Waals surface area contributed by atoms with E-state index in [1.807, 2.05) is 30.3 Å². The second-order valence-corrected chi connectivity index (χ2v) is 11.7. The van der Waals surface area contributed by atoms with Crippen LogP contribution in [-0.2, 0) is 15.4 Å². The number of sulfone groups is 1. The number of rotatable bonds is 3. The summed E-state index contributed by atoms with van der Waals surface area (Å²) in [7, 11) is -3.51. The lowest BCUT2D eigenvalue weighted by Gasteiger charge is -2.37. The molecule has 2 aromatic heterocycles. The van der Waals surface area contributed by atoms with Gasteiger partial charge in [-0.1, -0.05) is 23.7 Å². The van der Waals surface area contributed by atoms with Crippen LogP contribution >= 0.6 is 22.9 Å². The Labute approximate surface area is 177 Å². The highest BCUT2D eigenvalue weighted by atomic mass is 35.5. The van der Waals surface area contributed by atoms with Crippen LogP contribution in [0.2, 0.25) is 5.02 Å². The highest BCUT2D eigenvalue weighted by Crippen LogP contribution is 2.46. The summed E-state index contributed by atoms with van der Waals surface area (Å²) in [6.07, 6.45) is 1.27. The largest absolute Gasteiger partial charge is 0.423 e. The zero-order valence-corrected chi connectivity index (χ0v) is 18.4. The quantitative estimate of drug-likeness (QED) is 0.647. The third-order valence-corrected chi connectivity index (χ3v) is 9.72. The van der Waals surface area contributed by atoms with E-state index in [1.54, 1.807) is 20.8 Å². The molecule has 0 aliphatic carbocycles. The molecule has 1 aliphatic rings. The molecule has 152 valence electrons. The molecule has 2 N–H and O–H groups in total. The van der Waals surface area contributed by atoms with Crippen LogP contribution in [0.5, 0.6) is 0 Å². The Hall–Kier alpha value is -2.23. The fourth-order valence-corrected chi connectivity index (χ4v) is 6.64. The smallest absolute Gasteiger partial charge is 0.247 e. The third-order valence-electron chi connectivity index (χ3n) is 5.16. The van der Waals surface area contributed by atoms with Gasteiger partial charge in [-0.25, -0.2) is 8.42 Å². The van der Waals surface area contributed by atoms with Gasteiger partial charge in [0.05, 0.1) is 15.7 Å². The molecular weight excluding hydrogens is 432 g/mol. The molecular formula is C19H19ClN4O3S2. The molecule has 0 saturated heterocycles. The first-order valence-corrected chi connectivity index (χ1v) is 11.6. The van der Waals surface area contributed by atoms with E-state index in [1.165, 1.54) is 17.7 Å². The summed E-state index contributed by atoms with van der Waals surface area (Å²) in [5.74, 6) is 0.352. The fourth-order valence-electron chi connectivity index (χ4n) is 3.24. The average molecular weight is 451 g/mol. The summed E-state index contributed by atoms with van der Waals surface area (Å²) in [5.41, 5.74) is 6.69. The summed E-state index contributed by atoms with van der Waals surface area (Å²) in [6.45, 7) is 4.90. The Bertz CT molecular complexity index is 1220. The highest BCUT2D eigenvalue weighted by molar-refractivity contribution is 7.93. The van der Waals surface area contributed by atoms with Gasteiger partial charge >= 0.3 is 0 Å². The van der Waals surface area contributed by atoms with Gasteiger partial charge in [-0.05, 0) is 44.5 Å². The van der Waals surface area contributed by atoms with Gasteiger partial charge in [0, 0.05) is 10.4 Å². The van der Waals surface area contributed by atoms with Crippen molar-refractivity contribution in [2.75, 3.05) is 5.75 Å². The Morgan fingerprint density at radius 2 is 1.93 bits per heavy atom. The van der Waals surface area contributed by atoms with Gasteiger partial charge < -0.3 is 10.2 Å². The molecule has 4 rings (SSSR count). The summed E-state index contributed by atoms with van der Waals surface area (Å²) < 4.78 is 29.8. The van der Waals surface area contributed by atoms with Gasteiger partial charge in [0.15, 0.2) is 9.84 Å². The minimum absolute atomic E-state index is 0.0932. The predicted octanol–water partition coefficient (Wildman–Crippen LogP) is 3.90. The van der Waals surface area contributed by atoms with Gasteiger partial charge in [0.2, 0.25) is 12.3 Å². The number of halogens is 1. The predicted molar refractivity (Wildman–Crippen MR) is 115 cm³/mol. The van der Waals surface area contributed by atoms with Crippen LogP contribution in [0.1, 0.15) is 25.6 Å². The van der Waals surface area contributed by atoms with Crippen molar-refractivity contribution in [2.24, 2.45) is 10.7 Å². The van der Waals surface area contributed by atoms with E-state index in [4.69, 9.17) is 21.8 Å². The molecule has 7 nitrogen and oxygen atoms in total. The minimum atomic E-state index is -3.51. The molecule has 0 fully saturated rings. The summed E-state index contributed by atoms with van der Waals surface area (Å²) in [6, 6.07) is 9.42. The molecule has 0 radical (unpaired) electrons. The lowest BCUT2D eigenvalue weighted by atomic mass is 10.0. The van der Waals surface area contributed by atoms with Crippen molar-refractivity contribution < 1.29 is 12.8 Å². The van der Waals surface area contributed by atoms with Crippen LogP contribution in [0.3, 0.4) is 0 Å². The van der Waals surface area contributed by atoms with Crippen molar-refractivity contribution >= 4 is 38.6 Å². The first-order valence-electron chi connectivity index (χ1n) is 8.78. The van der Waals surface area contributed by atoms with Gasteiger partial charge in [0.25, 0.3) is 0 Å². The second-order valence-electron chi connectivity index (χ2n) is 7.65. The Morgan fingerprint density at radius 3 is 2.59 bits per heavy atom. The molecule has 29 heavy (non-hydrogen) atoms. The molecule has 0 bridgehead atoms. The summed E-state index contributed by atoms with van der Waals surface area (Å²) >= 11 is 7.93. The van der Waals surface area contributed by atoms with Gasteiger partial charge in [-0.3, -0.25) is 4.99 Å². The van der Waals surface area contributed by atoms with E-state index in [0.29, 0.717) is 15.8 Å². The van der Waals surface area contributed by atoms with E-state index in [-0.39, 0.29) is 11.6 Å². The van der Waals surface area contributed by atoms with Crippen molar-refractivity contribution in [3.8, 4) is 21.9 Å². The lowest BCUT2D eigenvalue weighted by molar-refractivity contribution is 0.507. The van der Waals surface area contributed by atoms with Crippen LogP contribution in [0, 0.1) is 0 Å². The van der Waals surface area contributed by atoms with Crippen molar-refractivity contribution in [2.45, 2.75) is 31.1 Å². The zero-order valence-electron chi connectivity index (χ0n) is 16.0. The molecule has 1 unspecified atom stereocenters. The van der Waals surface area contributed by atoms with Crippen molar-refractivity contribution in [1.29, 1.82) is 0 Å². The molecule has 3 heterocycles. The molecule has 10 heteroatoms. The normalized spacial score (nSPS) is 23.0. The van der Waals surface area contributed by atoms with Gasteiger partial charge in [-0.2, -0.15) is 0 Å². The van der Waals surface area contributed by atoms with E-state index < -0.39 is 20.1 Å². The van der Waals surface area contributed by atoms with Gasteiger partial charge in [-0.15, -0.1) is 21.5 Å². The maximum absolute atomic E-state index is 12.8. The number of amidine groups is 1. The highest BCUT2D eigenvalue weighted by Gasteiger charge is 2.49. The molecule has 0 amide bonds. The molecule has 3 aromatic rings. The van der Waals surface area contributed by atoms with E-state index >= 15 is 0 Å². The van der Waals surface area contributed by atoms with Crippen LogP contribution in [0.25, 0.3) is 21.9 Å². The standard InChI is InChI=1S/C19H19ClN4O3S2/c1-18(2)17(21)23-19(3,9-29(18,25)26)15-13(20)8-14(28-15)11-5-4-6-12(7-11)16-24-22-10-27-16/h4-8,10H,9H2,1-3H3,(H2,21,23). The Balaban J connectivity index is 1.78. The Kier molecular flexibility index (Phi) is 4.60. The maximum atomic E-state index is 12.8. The molecule has 1 aliphatic heterocycles. The second kappa shape index (κ2) is 6.65. The van der Waals surface area contributed by atoms with Crippen LogP contribution < -0.4 is 5.73 Å². The number of thiophene rings is 1. The number of hydrogen-bond donors (Lipinski definition) is 1. The van der Waals surface area contributed by atoms with Crippen LogP contribution in [0.15, 0.2) is 46.1 Å². The number of aromatic nitrogens is 2. The number of hydrogen-bond acceptors (Lipinski definition) is 8. The Morgan fingerprint density at radius 1 is 1.21 bits per heavy atom. The number of benzene rings is 1. The maximum Gasteiger partial charge on any atom is 0.247 e. The molecule has 0 spiro atoms. The topological polar surface area (TPSA) is 111 Å². The summed E-state index contributed by atoms with van der Waals surface area (Å²) in [4.78, 5) is 6.11. The van der Waals surface area contributed by atoms with E-state index in [2.05, 4.69) is 15.2 Å². The number of nitrogens with two attached hydrogens (primary N) is 1. The van der Waals surface area contributed by atoms with E-state index in [9.17, 15) is 8.42 Å². The van der Waals surface area contributed by atoms with E-state index in [0.717, 1.165) is 16.0 Å². The van der Waals surface area contributed by atoms with Crippen LogP contribution in [-0.4, -0.2) is 35.0 Å². The monoisotopic (exact) mass is 450 g/mol. The van der Waals surface area contributed by atoms with Gasteiger partial charge in [0.1, 0.15) is 16.1 Å². The molecule has 1 atom stereocenters. The lowest BCUT2D eigenvalue weighted by Crippen LogP contribution is -2.54. The minimum Gasteiger partial charge on any atom is -0.423 e. The zero-order chi connectivity index (χ0) is 21.0. The van der Waals surface area contributed by atoms with Crippen molar-refractivity contribution in [1.82, 2.24) is 10.2 Å². The van der Waals surface area contributed by atoms with Crippen molar-refractivity contribution in [3.05, 3.63) is 46.6 Å². The van der Waals surface area contributed by atoms with Crippen LogP contribution in [0.4, 0.5) is 0 Å². The van der Waals surface area contributed by atoms with Crippen molar-refractivity contribution in [3.63, 3.8) is 0 Å². The third kappa shape index (κ3) is 3.27. The summed E-state index contributed by atoms with van der Waals surface area (Å²) in [5, 5.41) is 8.09. The number of aliphatic imine (C=N–C) groups is 1. The first-order chi connectivity index (χ1) is 13.5. The number of nitrogens with zero attached hydrogens (tertiary/aromatic N) is 3. The first kappa shape index (κ1) is 20.1. The fraction of sp³-hybridized carbons (Fsp3) is 0.316.